The van der Waals surface area contributed by atoms with Gasteiger partial charge in [-0.05, 0) is 11.8 Å². The third-order valence-electron chi connectivity index (χ3n) is 1.74. The lowest BCUT2D eigenvalue weighted by Gasteiger charge is -2.14. The molecule has 0 saturated heterocycles. The average molecular weight is 347 g/mol. The lowest BCUT2D eigenvalue weighted by atomic mass is 10.1. The summed E-state index contributed by atoms with van der Waals surface area (Å²) in [4.78, 5) is 33.0. The summed E-state index contributed by atoms with van der Waals surface area (Å²) < 4.78 is 2.37. The van der Waals surface area contributed by atoms with E-state index in [-0.39, 0.29) is 19.0 Å². The summed E-state index contributed by atoms with van der Waals surface area (Å²) in [6, 6.07) is 0. The Morgan fingerprint density at radius 2 is 1.47 bits per heavy atom. The molecule has 0 aliphatic rings. The van der Waals surface area contributed by atoms with Crippen molar-refractivity contribution >= 4 is 40.6 Å². The largest absolute Gasteiger partial charge is 0.344 e. The molecule has 0 unspecified atom stereocenters. The van der Waals surface area contributed by atoms with E-state index in [1.165, 1.54) is 0 Å². The zero-order valence-corrected chi connectivity index (χ0v) is 10.9. The van der Waals surface area contributed by atoms with Crippen LogP contribution >= 0.6 is 22.9 Å². The first-order chi connectivity index (χ1) is 8.04. The van der Waals surface area contributed by atoms with E-state index in [9.17, 15) is 14.4 Å². The van der Waals surface area contributed by atoms with Crippen LogP contribution in [-0.4, -0.2) is 30.8 Å². The van der Waals surface area contributed by atoms with Gasteiger partial charge in [0.1, 0.15) is 0 Å². The molecule has 0 aromatic carbocycles. The van der Waals surface area contributed by atoms with E-state index in [4.69, 9.17) is 12.8 Å². The monoisotopic (exact) mass is 347 g/mol. The van der Waals surface area contributed by atoms with Gasteiger partial charge in [-0.25, -0.2) is 0 Å². The van der Waals surface area contributed by atoms with Crippen molar-refractivity contribution in [1.82, 2.24) is 14.2 Å². The van der Waals surface area contributed by atoms with E-state index in [0.717, 1.165) is 0 Å². The molecule has 0 aliphatic carbocycles. The van der Waals surface area contributed by atoms with Crippen molar-refractivity contribution in [2.45, 2.75) is 0 Å². The number of carbonyl (C=O) groups excluding carboxylic acids is 3. The second kappa shape index (κ2) is 8.42. The summed E-state index contributed by atoms with van der Waals surface area (Å²) in [5.74, 6) is 1.46. The number of carbonyl (C=O) groups is 3. The van der Waals surface area contributed by atoms with Gasteiger partial charge in [0, 0.05) is 13.1 Å². The van der Waals surface area contributed by atoms with Crippen molar-refractivity contribution in [1.29, 1.82) is 0 Å². The first-order valence-corrected chi connectivity index (χ1v) is 5.52. The van der Waals surface area contributed by atoms with Gasteiger partial charge in [-0.3, -0.25) is 17.9 Å². The van der Waals surface area contributed by atoms with Crippen LogP contribution in [0.25, 0.3) is 0 Å². The molecule has 7 heteroatoms. The maximum Gasteiger partial charge on any atom is 0.295 e. The predicted octanol–water partition coefficient (Wildman–Crippen LogP) is -1.43. The second-order valence-corrected chi connectivity index (χ2v) is 3.40. The molecule has 0 aliphatic heterocycles. The smallest absolute Gasteiger partial charge is 0.295 e. The summed E-state index contributed by atoms with van der Waals surface area (Å²) in [6.07, 6.45) is 9.70. The molecular formula is C10H10IN3O3. The standard InChI is InChI=1S/C10H10IN3O3/c1-3-8(15)12-5-7(10(17)14-11)6-13-9(16)4-2/h1-2,7H,5-6H2,(H,12,15)(H,13,16)(H,14,17). The van der Waals surface area contributed by atoms with Gasteiger partial charge in [0.2, 0.25) is 5.91 Å². The summed E-state index contributed by atoms with van der Waals surface area (Å²) in [5.41, 5.74) is 0. The van der Waals surface area contributed by atoms with E-state index in [0.29, 0.717) is 0 Å². The molecular weight excluding hydrogens is 337 g/mol. The van der Waals surface area contributed by atoms with Crippen molar-refractivity contribution in [3.63, 3.8) is 0 Å². The Hall–Kier alpha value is -1.74. The summed E-state index contributed by atoms with van der Waals surface area (Å²) in [6.45, 7) is 0.0332. The summed E-state index contributed by atoms with van der Waals surface area (Å²) >= 11 is 1.66. The van der Waals surface area contributed by atoms with Crippen molar-refractivity contribution in [2.24, 2.45) is 5.92 Å². The van der Waals surface area contributed by atoms with Crippen LogP contribution in [0.1, 0.15) is 0 Å². The van der Waals surface area contributed by atoms with Crippen molar-refractivity contribution < 1.29 is 14.4 Å². The molecule has 0 radical (unpaired) electrons. The summed E-state index contributed by atoms with van der Waals surface area (Å²) in [5, 5.41) is 4.69. The highest BCUT2D eigenvalue weighted by molar-refractivity contribution is 14.1. The Morgan fingerprint density at radius 3 is 1.76 bits per heavy atom. The molecule has 3 amide bonds. The Balaban J connectivity index is 4.31. The van der Waals surface area contributed by atoms with Crippen LogP contribution < -0.4 is 14.2 Å². The van der Waals surface area contributed by atoms with E-state index in [1.54, 1.807) is 22.9 Å². The lowest BCUT2D eigenvalue weighted by Crippen LogP contribution is -2.42. The van der Waals surface area contributed by atoms with E-state index in [2.05, 4.69) is 14.2 Å². The van der Waals surface area contributed by atoms with Gasteiger partial charge in [-0.1, -0.05) is 0 Å². The molecule has 0 saturated carbocycles. The van der Waals surface area contributed by atoms with Crippen LogP contribution in [0.2, 0.25) is 0 Å². The molecule has 0 aromatic rings. The van der Waals surface area contributed by atoms with E-state index in [1.807, 2.05) is 11.8 Å². The second-order valence-electron chi connectivity index (χ2n) is 2.86. The zero-order valence-electron chi connectivity index (χ0n) is 8.75. The molecule has 6 nitrogen and oxygen atoms in total. The minimum absolute atomic E-state index is 0.0166. The number of amides is 3. The predicted molar refractivity (Wildman–Crippen MR) is 69.3 cm³/mol. The Morgan fingerprint density at radius 1 is 1.06 bits per heavy atom. The lowest BCUT2D eigenvalue weighted by molar-refractivity contribution is -0.123. The molecule has 0 atom stereocenters. The Labute approximate surface area is 113 Å². The van der Waals surface area contributed by atoms with Crippen molar-refractivity contribution in [2.75, 3.05) is 13.1 Å². The third-order valence-corrected chi connectivity index (χ3v) is 2.28. The molecule has 0 aromatic heterocycles. The minimum atomic E-state index is -0.638. The molecule has 3 N–H and O–H groups in total. The maximum absolute atomic E-state index is 11.4. The van der Waals surface area contributed by atoms with Crippen molar-refractivity contribution in [3.05, 3.63) is 0 Å². The topological polar surface area (TPSA) is 87.3 Å². The minimum Gasteiger partial charge on any atom is -0.344 e. The number of nitrogens with one attached hydrogen (secondary N) is 3. The van der Waals surface area contributed by atoms with Crippen LogP contribution in [-0.2, 0) is 14.4 Å². The number of rotatable bonds is 5. The highest BCUT2D eigenvalue weighted by atomic mass is 127. The normalized spacial score (nSPS) is 8.71. The van der Waals surface area contributed by atoms with E-state index >= 15 is 0 Å². The number of hydrogen-bond donors (Lipinski definition) is 3. The first kappa shape index (κ1) is 15.3. The highest BCUT2D eigenvalue weighted by Gasteiger charge is 2.18. The zero-order chi connectivity index (χ0) is 13.3. The van der Waals surface area contributed by atoms with Gasteiger partial charge in [0.15, 0.2) is 0 Å². The van der Waals surface area contributed by atoms with Crippen LogP contribution in [0.5, 0.6) is 0 Å². The number of halogens is 1. The van der Waals surface area contributed by atoms with Gasteiger partial charge in [-0.2, -0.15) is 0 Å². The Kier molecular flexibility index (Phi) is 7.55. The van der Waals surface area contributed by atoms with Crippen LogP contribution in [0.15, 0.2) is 0 Å². The molecule has 17 heavy (non-hydrogen) atoms. The first-order valence-electron chi connectivity index (χ1n) is 4.44. The fourth-order valence-electron chi connectivity index (χ4n) is 0.869. The number of hydrogen-bond acceptors (Lipinski definition) is 3. The molecule has 90 valence electrons. The van der Waals surface area contributed by atoms with Gasteiger partial charge in [0.05, 0.1) is 28.8 Å². The van der Waals surface area contributed by atoms with Gasteiger partial charge < -0.3 is 10.6 Å². The molecule has 0 rings (SSSR count). The fourth-order valence-corrected chi connectivity index (χ4v) is 1.31. The molecule has 0 spiro atoms. The summed E-state index contributed by atoms with van der Waals surface area (Å²) in [7, 11) is 0. The molecule has 0 fully saturated rings. The number of terminal acetylenes is 2. The SMILES string of the molecule is C#CC(=O)NCC(CNC(=O)C#C)C(=O)NI. The van der Waals surface area contributed by atoms with Gasteiger partial charge >= 0.3 is 0 Å². The molecule has 0 heterocycles. The van der Waals surface area contributed by atoms with Gasteiger partial charge in [0.25, 0.3) is 11.8 Å². The van der Waals surface area contributed by atoms with Crippen LogP contribution in [0.3, 0.4) is 0 Å². The van der Waals surface area contributed by atoms with Gasteiger partial charge in [-0.15, -0.1) is 12.8 Å². The maximum atomic E-state index is 11.4. The highest BCUT2D eigenvalue weighted by Crippen LogP contribution is 1.95. The van der Waals surface area contributed by atoms with Crippen molar-refractivity contribution in [3.8, 4) is 24.7 Å². The third kappa shape index (κ3) is 6.43. The quantitative estimate of drug-likeness (QED) is 0.324. The van der Waals surface area contributed by atoms with Crippen LogP contribution in [0.4, 0.5) is 0 Å². The average Bonchev–Trinajstić information content (AvgIpc) is 2.36. The van der Waals surface area contributed by atoms with E-state index < -0.39 is 17.7 Å². The Bertz CT molecular complexity index is 365. The molecule has 0 bridgehead atoms. The fraction of sp³-hybridized carbons (Fsp3) is 0.300. The van der Waals surface area contributed by atoms with Crippen LogP contribution in [0, 0.1) is 30.6 Å².